The molecule has 0 spiro atoms. The van der Waals surface area contributed by atoms with Crippen LogP contribution in [-0.2, 0) is 27.2 Å². The summed E-state index contributed by atoms with van der Waals surface area (Å²) in [6, 6.07) is 0. The van der Waals surface area contributed by atoms with E-state index in [2.05, 4.69) is 5.32 Å². The lowest BCUT2D eigenvalue weighted by molar-refractivity contribution is -0.152. The summed E-state index contributed by atoms with van der Waals surface area (Å²) in [6.07, 6.45) is 2.91. The highest BCUT2D eigenvalue weighted by Gasteiger charge is 2.69. The van der Waals surface area contributed by atoms with Crippen LogP contribution in [0.5, 0.6) is 0 Å². The molecule has 0 radical (unpaired) electrons. The summed E-state index contributed by atoms with van der Waals surface area (Å²) in [7, 11) is 0. The van der Waals surface area contributed by atoms with Crippen LogP contribution in [-0.4, -0.2) is 28.7 Å². The molecule has 24 heavy (non-hydrogen) atoms. The summed E-state index contributed by atoms with van der Waals surface area (Å²) in [4.78, 5) is 36.7. The summed E-state index contributed by atoms with van der Waals surface area (Å²) < 4.78 is 3.84. The van der Waals surface area contributed by atoms with E-state index in [1.807, 2.05) is 0 Å². The second-order valence-electron chi connectivity index (χ2n) is 6.26. The van der Waals surface area contributed by atoms with Gasteiger partial charge in [0.15, 0.2) is 6.61 Å². The number of rotatable bonds is 5. The average molecular weight is 391 g/mol. The number of amides is 2. The number of thiophene rings is 1. The number of esters is 1. The molecule has 0 saturated heterocycles. The van der Waals surface area contributed by atoms with Crippen LogP contribution in [0.15, 0.2) is 0 Å². The van der Waals surface area contributed by atoms with Gasteiger partial charge in [-0.25, -0.2) is 0 Å². The van der Waals surface area contributed by atoms with Crippen molar-refractivity contribution in [2.24, 2.45) is 11.1 Å². The maximum atomic E-state index is 12.0. The number of hydrogen-bond acceptors (Lipinski definition) is 5. The first-order valence-electron chi connectivity index (χ1n) is 7.45. The van der Waals surface area contributed by atoms with Crippen molar-refractivity contribution in [3.05, 3.63) is 16.0 Å². The Morgan fingerprint density at radius 1 is 1.33 bits per heavy atom. The minimum absolute atomic E-state index is 0.285. The van der Waals surface area contributed by atoms with Crippen molar-refractivity contribution in [1.29, 1.82) is 0 Å². The van der Waals surface area contributed by atoms with Crippen molar-refractivity contribution < 1.29 is 19.1 Å². The summed E-state index contributed by atoms with van der Waals surface area (Å²) in [5, 5.41) is 3.02. The molecule has 2 amide bonds. The number of hydrogen-bond donors (Lipinski definition) is 2. The Bertz CT molecular complexity index is 746. The first kappa shape index (κ1) is 17.5. The molecule has 3 rings (SSSR count). The maximum absolute atomic E-state index is 12.0. The van der Waals surface area contributed by atoms with E-state index in [0.29, 0.717) is 10.6 Å². The van der Waals surface area contributed by atoms with Gasteiger partial charge in [-0.15, -0.1) is 34.5 Å². The number of alkyl halides is 2. The molecule has 9 heteroatoms. The molecule has 2 aliphatic rings. The first-order valence-corrected chi connectivity index (χ1v) is 9.02. The van der Waals surface area contributed by atoms with Crippen LogP contribution in [0.2, 0.25) is 0 Å². The largest absolute Gasteiger partial charge is 0.455 e. The number of primary amides is 1. The number of carbonyl (C=O) groups excluding carboxylic acids is 3. The zero-order chi connectivity index (χ0) is 17.7. The van der Waals surface area contributed by atoms with E-state index in [0.717, 1.165) is 29.7 Å². The highest BCUT2D eigenvalue weighted by molar-refractivity contribution is 7.17. The van der Waals surface area contributed by atoms with Gasteiger partial charge < -0.3 is 15.8 Å². The van der Waals surface area contributed by atoms with E-state index in [1.54, 1.807) is 6.92 Å². The smallest absolute Gasteiger partial charge is 0.315 e. The van der Waals surface area contributed by atoms with E-state index >= 15 is 0 Å². The molecule has 130 valence electrons. The molecule has 0 bridgehead atoms. The first-order chi connectivity index (χ1) is 11.2. The van der Waals surface area contributed by atoms with E-state index in [4.69, 9.17) is 33.7 Å². The third-order valence-electron chi connectivity index (χ3n) is 4.46. The van der Waals surface area contributed by atoms with Crippen molar-refractivity contribution in [3.63, 3.8) is 0 Å². The van der Waals surface area contributed by atoms with Gasteiger partial charge in [0.25, 0.3) is 11.8 Å². The van der Waals surface area contributed by atoms with Gasteiger partial charge in [0, 0.05) is 11.3 Å². The Kier molecular flexibility index (Phi) is 4.30. The number of nitrogens with one attached hydrogen (secondary N) is 1. The number of halogens is 2. The topological polar surface area (TPSA) is 98.5 Å². The SMILES string of the molecule is C[C@@]1(C(=O)OCC(=O)Nc2sc3c(c2C(N)=O)CCC3)CC1(Cl)Cl. The lowest BCUT2D eigenvalue weighted by Crippen LogP contribution is -2.27. The predicted octanol–water partition coefficient (Wildman–Crippen LogP) is 2.40. The van der Waals surface area contributed by atoms with Gasteiger partial charge in [0.05, 0.1) is 5.56 Å². The monoisotopic (exact) mass is 390 g/mol. The van der Waals surface area contributed by atoms with Crippen LogP contribution in [0.3, 0.4) is 0 Å². The molecular formula is C15H16Cl2N2O4S. The lowest BCUT2D eigenvalue weighted by atomic mass is 10.1. The van der Waals surface area contributed by atoms with E-state index in [1.165, 1.54) is 11.3 Å². The Hall–Kier alpha value is -1.31. The molecule has 1 aromatic rings. The molecular weight excluding hydrogens is 375 g/mol. The van der Waals surface area contributed by atoms with Crippen molar-refractivity contribution in [2.75, 3.05) is 11.9 Å². The van der Waals surface area contributed by atoms with Crippen molar-refractivity contribution in [3.8, 4) is 0 Å². The Balaban J connectivity index is 1.62. The zero-order valence-corrected chi connectivity index (χ0v) is 15.2. The standard InChI is InChI=1S/C15H16Cl2N2O4S/c1-14(6-15(14,16)17)13(22)23-5-9(20)19-12-10(11(18)21)7-3-2-4-8(7)24-12/h2-6H2,1H3,(H2,18,21)(H,19,20)/t14-/m0/s1. The lowest BCUT2D eigenvalue weighted by Gasteiger charge is -2.12. The fraction of sp³-hybridized carbons (Fsp3) is 0.533. The molecule has 3 N–H and O–H groups in total. The minimum atomic E-state index is -1.14. The van der Waals surface area contributed by atoms with Gasteiger partial charge in [-0.1, -0.05) is 0 Å². The molecule has 0 unspecified atom stereocenters. The van der Waals surface area contributed by atoms with E-state index in [-0.39, 0.29) is 6.42 Å². The molecule has 1 heterocycles. The average Bonchev–Trinajstić information content (AvgIpc) is 2.83. The summed E-state index contributed by atoms with van der Waals surface area (Å²) >= 11 is 13.1. The normalized spacial score (nSPS) is 23.5. The Morgan fingerprint density at radius 3 is 2.58 bits per heavy atom. The van der Waals surface area contributed by atoms with Crippen LogP contribution in [0, 0.1) is 5.41 Å². The van der Waals surface area contributed by atoms with Crippen molar-refractivity contribution >= 4 is 57.3 Å². The molecule has 0 aliphatic heterocycles. The maximum Gasteiger partial charge on any atom is 0.315 e. The van der Waals surface area contributed by atoms with Gasteiger partial charge in [-0.05, 0) is 31.7 Å². The highest BCUT2D eigenvalue weighted by Crippen LogP contribution is 2.64. The van der Waals surface area contributed by atoms with Crippen LogP contribution >= 0.6 is 34.5 Å². The fourth-order valence-electron chi connectivity index (χ4n) is 2.83. The third kappa shape index (κ3) is 2.89. The summed E-state index contributed by atoms with van der Waals surface area (Å²) in [5.41, 5.74) is 5.72. The highest BCUT2D eigenvalue weighted by atomic mass is 35.5. The second kappa shape index (κ2) is 5.89. The molecule has 1 saturated carbocycles. The predicted molar refractivity (Wildman–Crippen MR) is 91.6 cm³/mol. The van der Waals surface area contributed by atoms with Gasteiger partial charge in [0.1, 0.15) is 14.7 Å². The van der Waals surface area contributed by atoms with Gasteiger partial charge >= 0.3 is 5.97 Å². The zero-order valence-electron chi connectivity index (χ0n) is 12.9. The summed E-state index contributed by atoms with van der Waals surface area (Å²) in [6.45, 7) is 1.11. The Morgan fingerprint density at radius 2 is 2.00 bits per heavy atom. The number of anilines is 1. The number of ether oxygens (including phenoxy) is 1. The minimum Gasteiger partial charge on any atom is -0.455 e. The van der Waals surface area contributed by atoms with Crippen LogP contribution < -0.4 is 11.1 Å². The number of fused-ring (bicyclic) bond motifs is 1. The number of carbonyl (C=O) groups is 3. The van der Waals surface area contributed by atoms with Crippen LogP contribution in [0.4, 0.5) is 5.00 Å². The number of nitrogens with two attached hydrogens (primary N) is 1. The quantitative estimate of drug-likeness (QED) is 0.595. The van der Waals surface area contributed by atoms with Gasteiger partial charge in [-0.3, -0.25) is 14.4 Å². The third-order valence-corrected chi connectivity index (χ3v) is 6.77. The molecule has 1 atom stereocenters. The number of aryl methyl sites for hydroxylation is 1. The molecule has 6 nitrogen and oxygen atoms in total. The van der Waals surface area contributed by atoms with Crippen molar-refractivity contribution in [1.82, 2.24) is 0 Å². The van der Waals surface area contributed by atoms with Crippen molar-refractivity contribution in [2.45, 2.75) is 36.9 Å². The van der Waals surface area contributed by atoms with E-state index < -0.39 is 34.1 Å². The van der Waals surface area contributed by atoms with Gasteiger partial charge in [-0.2, -0.15) is 0 Å². The van der Waals surface area contributed by atoms with Gasteiger partial charge in [0.2, 0.25) is 0 Å². The molecule has 1 fully saturated rings. The fourth-order valence-corrected chi connectivity index (χ4v) is 4.83. The second-order valence-corrected chi connectivity index (χ2v) is 8.85. The summed E-state index contributed by atoms with van der Waals surface area (Å²) in [5.74, 6) is -1.72. The van der Waals surface area contributed by atoms with Crippen LogP contribution in [0.1, 0.15) is 40.6 Å². The van der Waals surface area contributed by atoms with E-state index in [9.17, 15) is 14.4 Å². The van der Waals surface area contributed by atoms with Crippen LogP contribution in [0.25, 0.3) is 0 Å². The molecule has 0 aromatic carbocycles. The Labute approximate surface area is 152 Å². The molecule has 1 aromatic heterocycles. The molecule has 2 aliphatic carbocycles.